The van der Waals surface area contributed by atoms with Gasteiger partial charge in [0.2, 0.25) is 11.5 Å². The van der Waals surface area contributed by atoms with Gasteiger partial charge in [-0.1, -0.05) is 187 Å². The number of anilines is 1. The number of carboxylic acid groups (broad SMARTS) is 1. The Morgan fingerprint density at radius 2 is 1.22 bits per heavy atom. The van der Waals surface area contributed by atoms with E-state index in [4.69, 9.17) is 19.7 Å². The number of hydrogen-bond donors (Lipinski definition) is 4. The number of hydrogen-bond acceptors (Lipinski definition) is 12. The molecule has 6 aromatic carbocycles. The van der Waals surface area contributed by atoms with Crippen LogP contribution in [0.15, 0.2) is 193 Å². The first kappa shape index (κ1) is 47.9. The molecule has 10 rings (SSSR count). The summed E-state index contributed by atoms with van der Waals surface area (Å²) in [6, 6.07) is 57.9. The van der Waals surface area contributed by atoms with Gasteiger partial charge in [0, 0.05) is 47.5 Å². The molecule has 16 heteroatoms. The highest BCUT2D eigenvalue weighted by Crippen LogP contribution is 2.45. The smallest absolute Gasteiger partial charge is 0.409 e. The van der Waals surface area contributed by atoms with Gasteiger partial charge in [0.05, 0.1) is 6.10 Å². The molecule has 4 heterocycles. The van der Waals surface area contributed by atoms with Crippen molar-refractivity contribution in [3.63, 3.8) is 0 Å². The van der Waals surface area contributed by atoms with E-state index in [-0.39, 0.29) is 30.2 Å². The lowest BCUT2D eigenvalue weighted by molar-refractivity contribution is -0.160. The van der Waals surface area contributed by atoms with Gasteiger partial charge in [-0.2, -0.15) is 0 Å². The molecule has 0 spiro atoms. The van der Waals surface area contributed by atoms with E-state index in [2.05, 4.69) is 47.0 Å². The van der Waals surface area contributed by atoms with Crippen molar-refractivity contribution in [3.05, 3.63) is 226 Å². The molecule has 72 heavy (non-hydrogen) atoms. The molecule has 4 N–H and O–H groups in total. The summed E-state index contributed by atoms with van der Waals surface area (Å²) in [6.45, 7) is -0.335. The SMILES string of the molecule is O=C(NC1C(=O)N2CC(COC(=O)N3CCC(O)C3)(C(=O)O)CS[C@H]12)C(=NOC(c1ccccc1)(c1ccccc1)c1ccccc1)c1csc(NC(c2ccccc2)(c2ccccc2)c2ccccc2)n1. The number of likely N-dealkylation sites (tertiary alicyclic amines) is 1. The highest BCUT2D eigenvalue weighted by atomic mass is 32.2. The fourth-order valence-electron chi connectivity index (χ4n) is 9.69. The standard InChI is InChI=1S/C56H50N6O8S2/c63-44-31-32-61(33-44)53(68)69-36-54(51(66)67)35-62-49(65)47(50(62)72-37-54)58-48(64)46(60-70-56(41-25-13-4-14-26-41,42-27-15-5-16-28-42)43-29-17-6-18-30-43)45-34-71-52(57-45)59-55(38-19-7-1-8-20-38,39-21-9-2-10-22-39)40-23-11-3-12-24-40/h1-30,34,44,47,50,63H,31-33,35-37H2,(H,57,59)(H,58,64)(H,66,67)/t44?,47?,50-,54?/m1/s1. The van der Waals surface area contributed by atoms with Gasteiger partial charge in [0.15, 0.2) is 10.8 Å². The van der Waals surface area contributed by atoms with Crippen LogP contribution in [0.2, 0.25) is 0 Å². The van der Waals surface area contributed by atoms with E-state index in [1.807, 2.05) is 146 Å². The van der Waals surface area contributed by atoms with E-state index < -0.39 is 64.6 Å². The number of oxime groups is 1. The van der Waals surface area contributed by atoms with Crippen LogP contribution in [-0.2, 0) is 35.1 Å². The zero-order chi connectivity index (χ0) is 49.7. The largest absolute Gasteiger partial charge is 0.481 e. The molecule has 0 aliphatic carbocycles. The Morgan fingerprint density at radius 1 is 0.736 bits per heavy atom. The Bertz CT molecular complexity index is 2870. The summed E-state index contributed by atoms with van der Waals surface area (Å²) in [5, 5.41) is 33.4. The second kappa shape index (κ2) is 20.5. The molecule has 3 aliphatic heterocycles. The van der Waals surface area contributed by atoms with Crippen molar-refractivity contribution in [1.82, 2.24) is 20.1 Å². The number of rotatable bonds is 16. The summed E-state index contributed by atoms with van der Waals surface area (Å²) >= 11 is 2.46. The van der Waals surface area contributed by atoms with Crippen LogP contribution in [0.4, 0.5) is 9.93 Å². The van der Waals surface area contributed by atoms with Crippen molar-refractivity contribution in [1.29, 1.82) is 0 Å². The molecule has 14 nitrogen and oxygen atoms in total. The van der Waals surface area contributed by atoms with Crippen LogP contribution in [0.25, 0.3) is 0 Å². The first-order valence-corrected chi connectivity index (χ1v) is 25.4. The molecule has 364 valence electrons. The number of β-lactam (4-membered cyclic amide) rings is 1. The van der Waals surface area contributed by atoms with E-state index in [1.165, 1.54) is 32.9 Å². The molecular weight excluding hydrogens is 949 g/mol. The van der Waals surface area contributed by atoms with E-state index in [1.54, 1.807) is 5.38 Å². The third-order valence-corrected chi connectivity index (χ3v) is 15.8. The number of aliphatic hydroxyl groups is 1. The lowest BCUT2D eigenvalue weighted by atomic mass is 9.77. The Morgan fingerprint density at radius 3 is 1.68 bits per heavy atom. The van der Waals surface area contributed by atoms with Gasteiger partial charge in [-0.05, 0) is 23.1 Å². The number of ether oxygens (including phenoxy) is 1. The number of carbonyl (C=O) groups is 4. The van der Waals surface area contributed by atoms with Gasteiger partial charge in [-0.25, -0.2) is 9.78 Å². The highest BCUT2D eigenvalue weighted by molar-refractivity contribution is 8.00. The number of β-amino-alcohol motifs (C(OH)–C–C–N with tert-alkyl or cyclic N) is 1. The normalized spacial score (nSPS) is 19.9. The maximum absolute atomic E-state index is 15.1. The Labute approximate surface area is 424 Å². The summed E-state index contributed by atoms with van der Waals surface area (Å²) in [5.41, 5.74) is 1.08. The van der Waals surface area contributed by atoms with Crippen molar-refractivity contribution in [3.8, 4) is 0 Å². The monoisotopic (exact) mass is 998 g/mol. The van der Waals surface area contributed by atoms with Crippen molar-refractivity contribution >= 4 is 57.8 Å². The van der Waals surface area contributed by atoms with Crippen molar-refractivity contribution in [2.24, 2.45) is 10.6 Å². The first-order chi connectivity index (χ1) is 35.1. The number of carbonyl (C=O) groups excluding carboxylic acids is 3. The van der Waals surface area contributed by atoms with Gasteiger partial charge in [-0.15, -0.1) is 23.1 Å². The molecule has 3 amide bonds. The molecule has 7 aromatic rings. The molecule has 3 fully saturated rings. The average Bonchev–Trinajstić information content (AvgIpc) is 4.10. The Kier molecular flexibility index (Phi) is 13.6. The first-order valence-electron chi connectivity index (χ1n) is 23.5. The number of amides is 3. The van der Waals surface area contributed by atoms with Gasteiger partial charge in [0.1, 0.15) is 34.7 Å². The van der Waals surface area contributed by atoms with Crippen LogP contribution in [0.5, 0.6) is 0 Å². The summed E-state index contributed by atoms with van der Waals surface area (Å²) < 4.78 is 5.48. The maximum Gasteiger partial charge on any atom is 0.409 e. The number of aromatic nitrogens is 1. The quantitative estimate of drug-likeness (QED) is 0.0319. The van der Waals surface area contributed by atoms with Crippen LogP contribution >= 0.6 is 23.1 Å². The molecule has 0 radical (unpaired) electrons. The van der Waals surface area contributed by atoms with E-state index >= 15 is 4.79 Å². The molecule has 3 aliphatic rings. The van der Waals surface area contributed by atoms with Crippen molar-refractivity contribution in [2.75, 3.05) is 37.3 Å². The number of carboxylic acids is 1. The molecular formula is C56H50N6O8S2. The fraction of sp³-hybridized carbons (Fsp3) is 0.214. The zero-order valence-corrected chi connectivity index (χ0v) is 40.5. The number of nitrogens with one attached hydrogen (secondary N) is 2. The van der Waals surface area contributed by atoms with Crippen LogP contribution in [0, 0.1) is 5.41 Å². The van der Waals surface area contributed by atoms with E-state index in [0.29, 0.717) is 18.1 Å². The summed E-state index contributed by atoms with van der Waals surface area (Å²) in [4.78, 5) is 69.5. The van der Waals surface area contributed by atoms with Gasteiger partial charge >= 0.3 is 12.1 Å². The topological polar surface area (TPSA) is 183 Å². The molecule has 3 unspecified atom stereocenters. The summed E-state index contributed by atoms with van der Waals surface area (Å²) in [5.74, 6) is -2.49. The number of thioether (sulfide) groups is 1. The predicted octanol–water partition coefficient (Wildman–Crippen LogP) is 7.93. The molecule has 3 saturated heterocycles. The van der Waals surface area contributed by atoms with Crippen LogP contribution in [0.3, 0.4) is 0 Å². The van der Waals surface area contributed by atoms with Gasteiger partial charge < -0.3 is 40.2 Å². The lowest BCUT2D eigenvalue weighted by Crippen LogP contribution is -2.74. The lowest BCUT2D eigenvalue weighted by Gasteiger charge is -2.53. The third-order valence-electron chi connectivity index (χ3n) is 13.5. The van der Waals surface area contributed by atoms with Crippen LogP contribution < -0.4 is 10.6 Å². The number of thiazole rings is 1. The maximum atomic E-state index is 15.1. The average molecular weight is 999 g/mol. The zero-order valence-electron chi connectivity index (χ0n) is 38.8. The number of benzene rings is 6. The predicted molar refractivity (Wildman–Crippen MR) is 275 cm³/mol. The summed E-state index contributed by atoms with van der Waals surface area (Å²) in [6.07, 6.45) is -1.00. The minimum absolute atomic E-state index is 0.00995. The molecule has 1 aromatic heterocycles. The number of nitrogens with zero attached hydrogens (tertiary/aromatic N) is 4. The van der Waals surface area contributed by atoms with Gasteiger partial charge in [-0.3, -0.25) is 14.4 Å². The molecule has 4 atom stereocenters. The Hall–Kier alpha value is -7.79. The second-order valence-electron chi connectivity index (χ2n) is 18.0. The number of aliphatic carboxylic acids is 1. The van der Waals surface area contributed by atoms with Gasteiger partial charge in [0.25, 0.3) is 5.91 Å². The summed E-state index contributed by atoms with van der Waals surface area (Å²) in [7, 11) is 0. The second-order valence-corrected chi connectivity index (χ2v) is 19.9. The Balaban J connectivity index is 1.01. The molecule has 0 saturated carbocycles. The van der Waals surface area contributed by atoms with Crippen molar-refractivity contribution < 1.29 is 39.0 Å². The van der Waals surface area contributed by atoms with Crippen LogP contribution in [-0.4, -0.2) is 104 Å². The van der Waals surface area contributed by atoms with Crippen LogP contribution in [0.1, 0.15) is 45.5 Å². The minimum Gasteiger partial charge on any atom is -0.481 e. The minimum atomic E-state index is -1.60. The molecule has 0 bridgehead atoms. The number of aliphatic hydroxyl groups excluding tert-OH is 1. The fourth-order valence-corrected chi connectivity index (χ4v) is 12.0. The van der Waals surface area contributed by atoms with Crippen molar-refractivity contribution in [2.45, 2.75) is 35.1 Å². The number of fused-ring (bicyclic) bond motifs is 1. The van der Waals surface area contributed by atoms with E-state index in [9.17, 15) is 24.6 Å². The highest BCUT2D eigenvalue weighted by Gasteiger charge is 2.58. The van der Waals surface area contributed by atoms with E-state index in [0.717, 1.165) is 33.4 Å². The third kappa shape index (κ3) is 9.08.